The minimum Gasteiger partial charge on any atom is -0.497 e. The van der Waals surface area contributed by atoms with Gasteiger partial charge < -0.3 is 24.4 Å². The van der Waals surface area contributed by atoms with Gasteiger partial charge in [0, 0.05) is 38.3 Å². The van der Waals surface area contributed by atoms with Crippen molar-refractivity contribution in [3.05, 3.63) is 53.6 Å². The van der Waals surface area contributed by atoms with Crippen LogP contribution in [0.5, 0.6) is 17.2 Å². The Morgan fingerprint density at radius 3 is 2.36 bits per heavy atom. The highest BCUT2D eigenvalue weighted by molar-refractivity contribution is 5.97. The Morgan fingerprint density at radius 1 is 1.00 bits per heavy atom. The molecule has 0 saturated carbocycles. The third-order valence-electron chi connectivity index (χ3n) is 6.10. The van der Waals surface area contributed by atoms with E-state index in [4.69, 9.17) is 14.2 Å². The molecule has 2 heterocycles. The summed E-state index contributed by atoms with van der Waals surface area (Å²) in [4.78, 5) is 30.2. The second kappa shape index (κ2) is 10.1. The van der Waals surface area contributed by atoms with Crippen LogP contribution in [0.15, 0.2) is 42.5 Å². The fourth-order valence-corrected chi connectivity index (χ4v) is 4.10. The highest BCUT2D eigenvalue weighted by Gasteiger charge is 2.31. The lowest BCUT2D eigenvalue weighted by Gasteiger charge is -2.37. The Balaban J connectivity index is 1.32. The number of methoxy groups -OCH3 is 1. The maximum Gasteiger partial charge on any atom is 0.251 e. The Bertz CT molecular complexity index is 984. The molecule has 2 aromatic carbocycles. The standard InChI is InChI=1S/C25H31N3O5/c1-17(2)23(26-24(29)19-5-7-20(31-3)8-6-19)25(30)28-12-10-27(11-13-28)15-18-4-9-21-22(14-18)33-16-32-21/h4-9,14,17,23H,10-13,15-16H2,1-3H3,(H,26,29)/t23-/m1/s1. The van der Waals surface area contributed by atoms with Crippen molar-refractivity contribution in [1.82, 2.24) is 15.1 Å². The average Bonchev–Trinajstić information content (AvgIpc) is 3.30. The minimum atomic E-state index is -0.569. The number of hydrogen-bond acceptors (Lipinski definition) is 6. The van der Waals surface area contributed by atoms with Crippen LogP contribution >= 0.6 is 0 Å². The lowest BCUT2D eigenvalue weighted by atomic mass is 10.0. The lowest BCUT2D eigenvalue weighted by Crippen LogP contribution is -2.56. The first kappa shape index (κ1) is 22.9. The molecule has 2 aliphatic rings. The Labute approximate surface area is 194 Å². The number of carbonyl (C=O) groups is 2. The van der Waals surface area contributed by atoms with Crippen molar-refractivity contribution >= 4 is 11.8 Å². The van der Waals surface area contributed by atoms with Gasteiger partial charge in [-0.15, -0.1) is 0 Å². The summed E-state index contributed by atoms with van der Waals surface area (Å²) in [7, 11) is 1.58. The zero-order chi connectivity index (χ0) is 23.4. The third kappa shape index (κ3) is 5.39. The van der Waals surface area contributed by atoms with Crippen LogP contribution in [0.2, 0.25) is 0 Å². The van der Waals surface area contributed by atoms with Gasteiger partial charge in [-0.05, 0) is 47.9 Å². The smallest absolute Gasteiger partial charge is 0.251 e. The normalized spacial score (nSPS) is 16.5. The summed E-state index contributed by atoms with van der Waals surface area (Å²) >= 11 is 0. The molecule has 0 aromatic heterocycles. The number of amides is 2. The van der Waals surface area contributed by atoms with E-state index in [0.29, 0.717) is 24.4 Å². The van der Waals surface area contributed by atoms with Gasteiger partial charge in [0.25, 0.3) is 5.91 Å². The van der Waals surface area contributed by atoms with Crippen molar-refractivity contribution in [2.45, 2.75) is 26.4 Å². The van der Waals surface area contributed by atoms with Crippen LogP contribution in [0.4, 0.5) is 0 Å². The average molecular weight is 454 g/mol. The van der Waals surface area contributed by atoms with Crippen molar-refractivity contribution in [3.8, 4) is 17.2 Å². The Morgan fingerprint density at radius 2 is 1.70 bits per heavy atom. The van der Waals surface area contributed by atoms with Crippen LogP contribution in [0.1, 0.15) is 29.8 Å². The first-order valence-corrected chi connectivity index (χ1v) is 11.3. The largest absolute Gasteiger partial charge is 0.497 e. The van der Waals surface area contributed by atoms with Gasteiger partial charge >= 0.3 is 0 Å². The van der Waals surface area contributed by atoms with Crippen molar-refractivity contribution in [2.75, 3.05) is 40.1 Å². The molecule has 2 aromatic rings. The first-order chi connectivity index (χ1) is 15.9. The van der Waals surface area contributed by atoms with E-state index in [1.807, 2.05) is 30.9 Å². The number of carbonyl (C=O) groups excluding carboxylic acids is 2. The van der Waals surface area contributed by atoms with Crippen molar-refractivity contribution in [2.24, 2.45) is 5.92 Å². The molecule has 0 bridgehead atoms. The minimum absolute atomic E-state index is 0.0219. The maximum atomic E-state index is 13.2. The summed E-state index contributed by atoms with van der Waals surface area (Å²) in [6, 6.07) is 12.3. The van der Waals surface area contributed by atoms with Gasteiger partial charge in [-0.2, -0.15) is 0 Å². The van der Waals surface area contributed by atoms with E-state index < -0.39 is 6.04 Å². The second-order valence-electron chi connectivity index (χ2n) is 8.71. The highest BCUT2D eigenvalue weighted by atomic mass is 16.7. The number of ether oxygens (including phenoxy) is 3. The number of hydrogen-bond donors (Lipinski definition) is 1. The van der Waals surface area contributed by atoms with E-state index in [9.17, 15) is 9.59 Å². The van der Waals surface area contributed by atoms with Crippen LogP contribution in [-0.2, 0) is 11.3 Å². The second-order valence-corrected chi connectivity index (χ2v) is 8.71. The van der Waals surface area contributed by atoms with Crippen LogP contribution in [0.25, 0.3) is 0 Å². The number of nitrogens with zero attached hydrogens (tertiary/aromatic N) is 2. The molecule has 2 amide bonds. The van der Waals surface area contributed by atoms with E-state index in [1.165, 1.54) is 0 Å². The lowest BCUT2D eigenvalue weighted by molar-refractivity contribution is -0.136. The van der Waals surface area contributed by atoms with Crippen LogP contribution in [-0.4, -0.2) is 67.7 Å². The van der Waals surface area contributed by atoms with Crippen molar-refractivity contribution < 1.29 is 23.8 Å². The van der Waals surface area contributed by atoms with Gasteiger partial charge in [-0.3, -0.25) is 14.5 Å². The molecular formula is C25H31N3O5. The van der Waals surface area contributed by atoms with E-state index >= 15 is 0 Å². The van der Waals surface area contributed by atoms with Crippen LogP contribution in [0, 0.1) is 5.92 Å². The Kier molecular flexibility index (Phi) is 7.03. The topological polar surface area (TPSA) is 80.3 Å². The molecule has 8 heteroatoms. The summed E-state index contributed by atoms with van der Waals surface area (Å²) in [5.74, 6) is 1.94. The number of benzene rings is 2. The van der Waals surface area contributed by atoms with Gasteiger partial charge in [0.15, 0.2) is 11.5 Å². The van der Waals surface area contributed by atoms with Crippen LogP contribution < -0.4 is 19.5 Å². The summed E-state index contributed by atoms with van der Waals surface area (Å²) in [5, 5.41) is 2.93. The summed E-state index contributed by atoms with van der Waals surface area (Å²) < 4.78 is 16.0. The van der Waals surface area contributed by atoms with E-state index in [1.54, 1.807) is 31.4 Å². The zero-order valence-corrected chi connectivity index (χ0v) is 19.4. The van der Waals surface area contributed by atoms with Gasteiger partial charge in [-0.1, -0.05) is 19.9 Å². The molecule has 1 saturated heterocycles. The first-order valence-electron chi connectivity index (χ1n) is 11.3. The summed E-state index contributed by atoms with van der Waals surface area (Å²) in [6.07, 6.45) is 0. The molecule has 8 nitrogen and oxygen atoms in total. The van der Waals surface area contributed by atoms with Gasteiger partial charge in [-0.25, -0.2) is 0 Å². The molecule has 1 N–H and O–H groups in total. The molecule has 176 valence electrons. The molecule has 0 radical (unpaired) electrons. The van der Waals surface area contributed by atoms with Gasteiger partial charge in [0.1, 0.15) is 11.8 Å². The SMILES string of the molecule is COc1ccc(C(=O)N[C@@H](C(=O)N2CCN(Cc3ccc4c(c3)OCO4)CC2)C(C)C)cc1. The third-order valence-corrected chi connectivity index (χ3v) is 6.10. The molecule has 4 rings (SSSR count). The number of nitrogens with one attached hydrogen (secondary N) is 1. The van der Waals surface area contributed by atoms with Crippen molar-refractivity contribution in [1.29, 1.82) is 0 Å². The molecule has 0 unspecified atom stereocenters. The van der Waals surface area contributed by atoms with E-state index in [0.717, 1.165) is 36.7 Å². The molecule has 33 heavy (non-hydrogen) atoms. The van der Waals surface area contributed by atoms with E-state index in [-0.39, 0.29) is 24.5 Å². The summed E-state index contributed by atoms with van der Waals surface area (Å²) in [6.45, 7) is 7.77. The molecule has 1 atom stereocenters. The monoisotopic (exact) mass is 453 g/mol. The number of rotatable bonds is 7. The number of fused-ring (bicyclic) bond motifs is 1. The molecule has 0 spiro atoms. The Hall–Kier alpha value is -3.26. The fourth-order valence-electron chi connectivity index (χ4n) is 4.10. The molecule has 0 aliphatic carbocycles. The van der Waals surface area contributed by atoms with Gasteiger partial charge in [0.05, 0.1) is 7.11 Å². The quantitative estimate of drug-likeness (QED) is 0.694. The highest BCUT2D eigenvalue weighted by Crippen LogP contribution is 2.32. The fraction of sp³-hybridized carbons (Fsp3) is 0.440. The van der Waals surface area contributed by atoms with Crippen LogP contribution in [0.3, 0.4) is 0 Å². The molecular weight excluding hydrogens is 422 g/mol. The van der Waals surface area contributed by atoms with E-state index in [2.05, 4.69) is 16.3 Å². The predicted octanol–water partition coefficient (Wildman–Crippen LogP) is 2.52. The zero-order valence-electron chi connectivity index (χ0n) is 19.4. The van der Waals surface area contributed by atoms with Crippen molar-refractivity contribution in [3.63, 3.8) is 0 Å². The molecule has 2 aliphatic heterocycles. The summed E-state index contributed by atoms with van der Waals surface area (Å²) in [5.41, 5.74) is 1.66. The predicted molar refractivity (Wildman–Crippen MR) is 124 cm³/mol. The molecule has 1 fully saturated rings. The maximum absolute atomic E-state index is 13.2. The van der Waals surface area contributed by atoms with Gasteiger partial charge in [0.2, 0.25) is 12.7 Å². The number of piperazine rings is 1.